The smallest absolute Gasteiger partial charge is 0.243 e. The van der Waals surface area contributed by atoms with Gasteiger partial charge in [-0.2, -0.15) is 10.2 Å². The van der Waals surface area contributed by atoms with Gasteiger partial charge in [0.25, 0.3) is 0 Å². The van der Waals surface area contributed by atoms with E-state index in [2.05, 4.69) is 32.9 Å². The van der Waals surface area contributed by atoms with E-state index in [1.807, 2.05) is 13.0 Å². The molecular formula is C16H18ClN5O. The molecule has 1 aromatic heterocycles. The molecule has 120 valence electrons. The maximum atomic E-state index is 9.27. The second kappa shape index (κ2) is 6.57. The Balaban J connectivity index is 1.69. The van der Waals surface area contributed by atoms with Crippen molar-refractivity contribution in [3.8, 4) is 6.07 Å². The summed E-state index contributed by atoms with van der Waals surface area (Å²) in [5.41, 5.74) is 1.56. The Morgan fingerprint density at radius 1 is 1.30 bits per heavy atom. The molecule has 0 bridgehead atoms. The number of anilines is 1. The van der Waals surface area contributed by atoms with E-state index in [1.165, 1.54) is 0 Å². The molecule has 1 fully saturated rings. The fourth-order valence-corrected chi connectivity index (χ4v) is 3.02. The van der Waals surface area contributed by atoms with Crippen LogP contribution in [0.2, 0.25) is 5.02 Å². The largest absolute Gasteiger partial charge is 0.368 e. The molecule has 0 radical (unpaired) electrons. The summed E-state index contributed by atoms with van der Waals surface area (Å²) in [6, 6.07) is 7.71. The van der Waals surface area contributed by atoms with Crippen LogP contribution in [0, 0.1) is 18.3 Å². The molecule has 7 heteroatoms. The summed E-state index contributed by atoms with van der Waals surface area (Å²) in [5.74, 6) is 1.31. The number of hydrogen-bond acceptors (Lipinski definition) is 6. The van der Waals surface area contributed by atoms with Gasteiger partial charge in [-0.3, -0.25) is 4.90 Å². The first-order chi connectivity index (χ1) is 11.1. The zero-order valence-electron chi connectivity index (χ0n) is 13.2. The Kier molecular flexibility index (Phi) is 4.51. The second-order valence-electron chi connectivity index (χ2n) is 5.65. The molecule has 2 aromatic rings. The quantitative estimate of drug-likeness (QED) is 0.861. The van der Waals surface area contributed by atoms with Crippen LogP contribution in [0.15, 0.2) is 22.7 Å². The summed E-state index contributed by atoms with van der Waals surface area (Å²) in [5, 5.41) is 13.8. The summed E-state index contributed by atoms with van der Waals surface area (Å²) < 4.78 is 5.27. The Morgan fingerprint density at radius 2 is 2.04 bits per heavy atom. The maximum Gasteiger partial charge on any atom is 0.243 e. The molecule has 1 saturated heterocycles. The highest BCUT2D eigenvalue weighted by Crippen LogP contribution is 2.27. The number of nitrogens with zero attached hydrogens (tertiary/aromatic N) is 5. The normalized spacial score (nSPS) is 17.0. The van der Waals surface area contributed by atoms with Crippen molar-refractivity contribution >= 4 is 17.3 Å². The molecule has 0 saturated carbocycles. The standard InChI is InChI=1S/C16H18ClN5O/c1-11(16-19-12(2)20-23-16)21-5-7-22(8-6-21)15-9-14(17)4-3-13(15)10-18/h3-4,9,11H,5-8H2,1-2H3. The molecule has 1 atom stereocenters. The molecule has 1 aliphatic rings. The van der Waals surface area contributed by atoms with E-state index in [0.717, 1.165) is 31.9 Å². The summed E-state index contributed by atoms with van der Waals surface area (Å²) in [7, 11) is 0. The van der Waals surface area contributed by atoms with E-state index in [4.69, 9.17) is 16.1 Å². The molecular weight excluding hydrogens is 314 g/mol. The van der Waals surface area contributed by atoms with Crippen LogP contribution in [0.1, 0.15) is 30.2 Å². The first-order valence-electron chi connectivity index (χ1n) is 7.57. The van der Waals surface area contributed by atoms with Gasteiger partial charge in [0.15, 0.2) is 5.82 Å². The predicted molar refractivity (Wildman–Crippen MR) is 87.4 cm³/mol. The monoisotopic (exact) mass is 331 g/mol. The van der Waals surface area contributed by atoms with E-state index in [-0.39, 0.29) is 6.04 Å². The zero-order valence-corrected chi connectivity index (χ0v) is 13.9. The number of nitriles is 1. The number of benzene rings is 1. The van der Waals surface area contributed by atoms with Gasteiger partial charge in [0.1, 0.15) is 6.07 Å². The molecule has 1 unspecified atom stereocenters. The minimum atomic E-state index is 0.0909. The third kappa shape index (κ3) is 3.31. The van der Waals surface area contributed by atoms with Crippen molar-refractivity contribution in [2.45, 2.75) is 19.9 Å². The van der Waals surface area contributed by atoms with Crippen LogP contribution in [0.4, 0.5) is 5.69 Å². The summed E-state index contributed by atoms with van der Waals surface area (Å²) in [4.78, 5) is 8.82. The van der Waals surface area contributed by atoms with Crippen LogP contribution in [-0.2, 0) is 0 Å². The lowest BCUT2D eigenvalue weighted by Gasteiger charge is -2.38. The topological polar surface area (TPSA) is 69.2 Å². The maximum absolute atomic E-state index is 9.27. The highest BCUT2D eigenvalue weighted by Gasteiger charge is 2.26. The van der Waals surface area contributed by atoms with Crippen molar-refractivity contribution in [1.82, 2.24) is 15.0 Å². The Morgan fingerprint density at radius 3 is 2.65 bits per heavy atom. The Labute approximate surface area is 140 Å². The summed E-state index contributed by atoms with van der Waals surface area (Å²) in [6.45, 7) is 7.27. The van der Waals surface area contributed by atoms with Crippen LogP contribution < -0.4 is 4.90 Å². The van der Waals surface area contributed by atoms with Crippen molar-refractivity contribution in [1.29, 1.82) is 5.26 Å². The van der Waals surface area contributed by atoms with E-state index in [1.54, 1.807) is 12.1 Å². The lowest BCUT2D eigenvalue weighted by atomic mass is 10.1. The van der Waals surface area contributed by atoms with Crippen molar-refractivity contribution < 1.29 is 4.52 Å². The van der Waals surface area contributed by atoms with Crippen molar-refractivity contribution in [3.63, 3.8) is 0 Å². The lowest BCUT2D eigenvalue weighted by Crippen LogP contribution is -2.47. The van der Waals surface area contributed by atoms with Gasteiger partial charge in [0.2, 0.25) is 5.89 Å². The number of aromatic nitrogens is 2. The van der Waals surface area contributed by atoms with Gasteiger partial charge in [-0.05, 0) is 32.0 Å². The molecule has 6 nitrogen and oxygen atoms in total. The first kappa shape index (κ1) is 15.8. The number of hydrogen-bond donors (Lipinski definition) is 0. The average molecular weight is 332 g/mol. The molecule has 2 heterocycles. The number of rotatable bonds is 3. The summed E-state index contributed by atoms with van der Waals surface area (Å²) >= 11 is 6.08. The first-order valence-corrected chi connectivity index (χ1v) is 7.95. The molecule has 0 aliphatic carbocycles. The predicted octanol–water partition coefficient (Wildman–Crippen LogP) is 2.79. The Hall–Kier alpha value is -2.10. The van der Waals surface area contributed by atoms with Gasteiger partial charge in [-0.15, -0.1) is 0 Å². The Bertz CT molecular complexity index is 730. The molecule has 0 N–H and O–H groups in total. The van der Waals surface area contributed by atoms with Gasteiger partial charge in [-0.25, -0.2) is 0 Å². The van der Waals surface area contributed by atoms with Gasteiger partial charge in [0, 0.05) is 31.2 Å². The second-order valence-corrected chi connectivity index (χ2v) is 6.09. The zero-order chi connectivity index (χ0) is 16.4. The highest BCUT2D eigenvalue weighted by molar-refractivity contribution is 6.30. The van der Waals surface area contributed by atoms with Crippen molar-refractivity contribution in [2.75, 3.05) is 31.1 Å². The van der Waals surface area contributed by atoms with E-state index in [0.29, 0.717) is 22.3 Å². The number of halogens is 1. The highest BCUT2D eigenvalue weighted by atomic mass is 35.5. The van der Waals surface area contributed by atoms with Crippen LogP contribution in [0.3, 0.4) is 0 Å². The lowest BCUT2D eigenvalue weighted by molar-refractivity contribution is 0.164. The molecule has 0 amide bonds. The van der Waals surface area contributed by atoms with Crippen LogP contribution >= 0.6 is 11.6 Å². The fraction of sp³-hybridized carbons (Fsp3) is 0.438. The van der Waals surface area contributed by atoms with Gasteiger partial charge < -0.3 is 9.42 Å². The van der Waals surface area contributed by atoms with E-state index in [9.17, 15) is 5.26 Å². The van der Waals surface area contributed by atoms with Crippen molar-refractivity contribution in [2.24, 2.45) is 0 Å². The molecule has 1 aliphatic heterocycles. The van der Waals surface area contributed by atoms with Crippen molar-refractivity contribution in [3.05, 3.63) is 40.5 Å². The van der Waals surface area contributed by atoms with Crippen LogP contribution in [0.5, 0.6) is 0 Å². The van der Waals surface area contributed by atoms with E-state index < -0.39 is 0 Å². The molecule has 1 aromatic carbocycles. The average Bonchev–Trinajstić information content (AvgIpc) is 3.01. The third-order valence-corrected chi connectivity index (χ3v) is 4.42. The molecule has 3 rings (SSSR count). The summed E-state index contributed by atoms with van der Waals surface area (Å²) in [6.07, 6.45) is 0. The third-order valence-electron chi connectivity index (χ3n) is 4.18. The van der Waals surface area contributed by atoms with Crippen LogP contribution in [-0.4, -0.2) is 41.2 Å². The SMILES string of the molecule is Cc1noc(C(C)N2CCN(c3cc(Cl)ccc3C#N)CC2)n1. The minimum Gasteiger partial charge on any atom is -0.368 e. The van der Waals surface area contributed by atoms with E-state index >= 15 is 0 Å². The van der Waals surface area contributed by atoms with Crippen LogP contribution in [0.25, 0.3) is 0 Å². The molecule has 0 spiro atoms. The molecule has 23 heavy (non-hydrogen) atoms. The fourth-order valence-electron chi connectivity index (χ4n) is 2.85. The minimum absolute atomic E-state index is 0.0909. The van der Waals surface area contributed by atoms with Gasteiger partial charge >= 0.3 is 0 Å². The van der Waals surface area contributed by atoms with Gasteiger partial charge in [0.05, 0.1) is 17.3 Å². The number of aryl methyl sites for hydroxylation is 1. The van der Waals surface area contributed by atoms with Gasteiger partial charge in [-0.1, -0.05) is 16.8 Å². The number of piperazine rings is 1.